The van der Waals surface area contributed by atoms with Crippen LogP contribution in [0.15, 0.2) is 6.20 Å². The Labute approximate surface area is 71.2 Å². The zero-order chi connectivity index (χ0) is 8.27. The van der Waals surface area contributed by atoms with E-state index in [0.29, 0.717) is 4.77 Å². The summed E-state index contributed by atoms with van der Waals surface area (Å²) in [6.45, 7) is 2.16. The van der Waals surface area contributed by atoms with Crippen LogP contribution in [-0.2, 0) is 6.42 Å². The SMILES string of the molecule is CCCCc1cn(N)c(=S)[nH]1. The average Bonchev–Trinajstić information content (AvgIpc) is 2.28. The Balaban J connectivity index is 2.65. The van der Waals surface area contributed by atoms with Gasteiger partial charge in [-0.25, -0.2) is 4.68 Å². The summed E-state index contributed by atoms with van der Waals surface area (Å²) in [6.07, 6.45) is 5.24. The molecule has 0 fully saturated rings. The quantitative estimate of drug-likeness (QED) is 0.536. The second-order valence-corrected chi connectivity index (χ2v) is 2.98. The lowest BCUT2D eigenvalue weighted by atomic mass is 10.2. The first-order valence-corrected chi connectivity index (χ1v) is 4.20. The lowest BCUT2D eigenvalue weighted by molar-refractivity contribution is 0.780. The second-order valence-electron chi connectivity index (χ2n) is 2.60. The maximum atomic E-state index is 5.49. The first-order chi connectivity index (χ1) is 5.24. The second kappa shape index (κ2) is 3.57. The van der Waals surface area contributed by atoms with Gasteiger partial charge in [0.05, 0.1) is 0 Å². The summed E-state index contributed by atoms with van der Waals surface area (Å²) in [7, 11) is 0. The Kier molecular flexibility index (Phi) is 2.70. The molecular formula is C7H13N3S. The van der Waals surface area contributed by atoms with Gasteiger partial charge in [-0.05, 0) is 25.1 Å². The maximum absolute atomic E-state index is 5.49. The van der Waals surface area contributed by atoms with E-state index in [1.54, 1.807) is 0 Å². The largest absolute Gasteiger partial charge is 0.337 e. The van der Waals surface area contributed by atoms with Crippen LogP contribution in [0.25, 0.3) is 0 Å². The van der Waals surface area contributed by atoms with Gasteiger partial charge in [-0.3, -0.25) is 0 Å². The third-order valence-corrected chi connectivity index (χ3v) is 1.91. The van der Waals surface area contributed by atoms with Crippen LogP contribution in [0.1, 0.15) is 25.5 Å². The minimum absolute atomic E-state index is 0.594. The highest BCUT2D eigenvalue weighted by molar-refractivity contribution is 7.71. The first kappa shape index (κ1) is 8.33. The van der Waals surface area contributed by atoms with Gasteiger partial charge >= 0.3 is 0 Å². The maximum Gasteiger partial charge on any atom is 0.195 e. The van der Waals surface area contributed by atoms with Crippen LogP contribution in [0.5, 0.6) is 0 Å². The molecule has 0 aromatic carbocycles. The predicted molar refractivity (Wildman–Crippen MR) is 48.4 cm³/mol. The van der Waals surface area contributed by atoms with E-state index in [1.165, 1.54) is 17.5 Å². The zero-order valence-corrected chi connectivity index (χ0v) is 7.45. The number of imidazole rings is 1. The molecule has 0 saturated carbocycles. The molecule has 4 heteroatoms. The topological polar surface area (TPSA) is 46.7 Å². The molecule has 3 N–H and O–H groups in total. The fraction of sp³-hybridized carbons (Fsp3) is 0.571. The van der Waals surface area contributed by atoms with Gasteiger partial charge in [-0.2, -0.15) is 0 Å². The van der Waals surface area contributed by atoms with Crippen LogP contribution in [0, 0.1) is 4.77 Å². The standard InChI is InChI=1S/C7H13N3S/c1-2-3-4-6-5-10(8)7(11)9-6/h5H,2-4,8H2,1H3,(H,9,11). The summed E-state index contributed by atoms with van der Waals surface area (Å²) < 4.78 is 2.04. The number of hydrogen-bond donors (Lipinski definition) is 2. The van der Waals surface area contributed by atoms with E-state index >= 15 is 0 Å². The molecule has 0 aliphatic carbocycles. The Bertz CT molecular complexity index is 273. The van der Waals surface area contributed by atoms with E-state index in [9.17, 15) is 0 Å². The Morgan fingerprint density at radius 2 is 2.45 bits per heavy atom. The molecule has 0 atom stereocenters. The van der Waals surface area contributed by atoms with Gasteiger partial charge in [0.25, 0.3) is 0 Å². The molecule has 3 nitrogen and oxygen atoms in total. The van der Waals surface area contributed by atoms with Crippen molar-refractivity contribution in [2.75, 3.05) is 5.84 Å². The van der Waals surface area contributed by atoms with Crippen LogP contribution in [0.2, 0.25) is 0 Å². The van der Waals surface area contributed by atoms with Crippen molar-refractivity contribution in [1.29, 1.82) is 0 Å². The molecule has 1 aromatic heterocycles. The van der Waals surface area contributed by atoms with Gasteiger partial charge in [0.15, 0.2) is 4.77 Å². The van der Waals surface area contributed by atoms with Gasteiger partial charge in [0.1, 0.15) is 0 Å². The molecule has 0 aliphatic heterocycles. The number of rotatable bonds is 3. The van der Waals surface area contributed by atoms with E-state index in [4.69, 9.17) is 18.1 Å². The van der Waals surface area contributed by atoms with E-state index in [0.717, 1.165) is 12.1 Å². The van der Waals surface area contributed by atoms with Gasteiger partial charge in [0, 0.05) is 11.9 Å². The monoisotopic (exact) mass is 171 g/mol. The molecule has 11 heavy (non-hydrogen) atoms. The number of H-pyrrole nitrogens is 1. The van der Waals surface area contributed by atoms with E-state index < -0.39 is 0 Å². The van der Waals surface area contributed by atoms with Gasteiger partial charge in [-0.15, -0.1) is 0 Å². The molecule has 0 bridgehead atoms. The number of nitrogen functional groups attached to an aromatic ring is 1. The molecule has 0 unspecified atom stereocenters. The number of nitrogens with one attached hydrogen (secondary N) is 1. The fourth-order valence-electron chi connectivity index (χ4n) is 0.955. The van der Waals surface area contributed by atoms with Crippen LogP contribution in [0.4, 0.5) is 0 Å². The number of nitrogens with zero attached hydrogens (tertiary/aromatic N) is 1. The van der Waals surface area contributed by atoms with Crippen molar-refractivity contribution < 1.29 is 0 Å². The predicted octanol–water partition coefficient (Wildman–Crippen LogP) is 1.60. The van der Waals surface area contributed by atoms with Crippen molar-refractivity contribution in [1.82, 2.24) is 9.66 Å². The van der Waals surface area contributed by atoms with Gasteiger partial charge < -0.3 is 10.8 Å². The van der Waals surface area contributed by atoms with Gasteiger partial charge in [-0.1, -0.05) is 13.3 Å². The lowest BCUT2D eigenvalue weighted by Crippen LogP contribution is -2.05. The molecule has 1 aromatic rings. The van der Waals surface area contributed by atoms with Gasteiger partial charge in [0.2, 0.25) is 0 Å². The minimum Gasteiger partial charge on any atom is -0.337 e. The number of unbranched alkanes of at least 4 members (excludes halogenated alkanes) is 1. The fourth-order valence-corrected chi connectivity index (χ4v) is 1.14. The highest BCUT2D eigenvalue weighted by atomic mass is 32.1. The van der Waals surface area contributed by atoms with Crippen LogP contribution in [-0.4, -0.2) is 9.66 Å². The van der Waals surface area contributed by atoms with Crippen LogP contribution < -0.4 is 5.84 Å². The summed E-state index contributed by atoms with van der Waals surface area (Å²) in [5.41, 5.74) is 1.12. The Hall–Kier alpha value is -0.770. The highest BCUT2D eigenvalue weighted by Crippen LogP contribution is 2.01. The summed E-state index contributed by atoms with van der Waals surface area (Å²) in [5, 5.41) is 0. The van der Waals surface area contributed by atoms with Crippen LogP contribution in [0.3, 0.4) is 0 Å². The highest BCUT2D eigenvalue weighted by Gasteiger charge is 1.95. The van der Waals surface area contributed by atoms with Crippen molar-refractivity contribution >= 4 is 12.2 Å². The van der Waals surface area contributed by atoms with E-state index in [2.05, 4.69) is 11.9 Å². The van der Waals surface area contributed by atoms with Crippen molar-refractivity contribution in [2.24, 2.45) is 0 Å². The van der Waals surface area contributed by atoms with Crippen LogP contribution >= 0.6 is 12.2 Å². The summed E-state index contributed by atoms with van der Waals surface area (Å²) in [4.78, 5) is 3.03. The van der Waals surface area contributed by atoms with Crippen molar-refractivity contribution in [2.45, 2.75) is 26.2 Å². The Morgan fingerprint density at radius 1 is 1.73 bits per heavy atom. The molecule has 0 radical (unpaired) electrons. The number of aromatic amines is 1. The first-order valence-electron chi connectivity index (χ1n) is 3.79. The summed E-state index contributed by atoms with van der Waals surface area (Å²) in [6, 6.07) is 0. The smallest absolute Gasteiger partial charge is 0.195 e. The molecule has 1 heterocycles. The molecule has 0 spiro atoms. The number of aromatic nitrogens is 2. The summed E-state index contributed by atoms with van der Waals surface area (Å²) in [5.74, 6) is 5.49. The third-order valence-electron chi connectivity index (χ3n) is 1.60. The molecule has 62 valence electrons. The Morgan fingerprint density at radius 3 is 2.91 bits per heavy atom. The molecule has 0 saturated heterocycles. The van der Waals surface area contributed by atoms with E-state index in [-0.39, 0.29) is 0 Å². The molecular weight excluding hydrogens is 158 g/mol. The summed E-state index contributed by atoms with van der Waals surface area (Å²) >= 11 is 4.91. The molecule has 1 rings (SSSR count). The normalized spacial score (nSPS) is 10.3. The van der Waals surface area contributed by atoms with Crippen molar-refractivity contribution in [3.8, 4) is 0 Å². The average molecular weight is 171 g/mol. The van der Waals surface area contributed by atoms with Crippen molar-refractivity contribution in [3.05, 3.63) is 16.7 Å². The third kappa shape index (κ3) is 2.08. The van der Waals surface area contributed by atoms with Crippen molar-refractivity contribution in [3.63, 3.8) is 0 Å². The lowest BCUT2D eigenvalue weighted by Gasteiger charge is -1.91. The number of aryl methyl sites for hydroxylation is 1. The number of nitrogens with two attached hydrogens (primary N) is 1. The number of hydrogen-bond acceptors (Lipinski definition) is 2. The molecule has 0 aliphatic rings. The minimum atomic E-state index is 0.594. The van der Waals surface area contributed by atoms with E-state index in [1.807, 2.05) is 6.20 Å². The molecule has 0 amide bonds. The zero-order valence-electron chi connectivity index (χ0n) is 6.63.